The molecule has 0 aliphatic rings. The number of carbonyl (C=O) groups is 1. The average Bonchev–Trinajstić information content (AvgIpc) is 2.18. The van der Waals surface area contributed by atoms with Crippen molar-refractivity contribution >= 4 is 11.7 Å². The first-order valence-corrected chi connectivity index (χ1v) is 4.19. The Morgan fingerprint density at radius 2 is 1.93 bits per heavy atom. The highest BCUT2D eigenvalue weighted by Gasteiger charge is 2.04. The molecule has 0 aromatic heterocycles. The summed E-state index contributed by atoms with van der Waals surface area (Å²) in [7, 11) is 0. The van der Waals surface area contributed by atoms with Crippen molar-refractivity contribution in [2.45, 2.75) is 6.92 Å². The van der Waals surface area contributed by atoms with Crippen molar-refractivity contribution in [3.05, 3.63) is 41.8 Å². The van der Waals surface area contributed by atoms with Gasteiger partial charge in [0.05, 0.1) is 5.69 Å². The molecule has 0 aliphatic heterocycles. The van der Waals surface area contributed by atoms with Crippen LogP contribution in [0, 0.1) is 0 Å². The Morgan fingerprint density at radius 1 is 1.33 bits per heavy atom. The third-order valence-electron chi connectivity index (χ3n) is 1.56. The predicted molar refractivity (Wildman–Crippen MR) is 51.3 cm³/mol. The molecule has 78 valence electrons. The van der Waals surface area contributed by atoms with E-state index in [9.17, 15) is 9.90 Å². The van der Waals surface area contributed by atoms with Crippen LogP contribution in [0.15, 0.2) is 52.0 Å². The van der Waals surface area contributed by atoms with Gasteiger partial charge in [0.2, 0.25) is 0 Å². The number of rotatable bonds is 3. The fourth-order valence-electron chi connectivity index (χ4n) is 0.866. The number of hydrogen-bond donors (Lipinski definition) is 1. The molecule has 0 heterocycles. The van der Waals surface area contributed by atoms with Crippen molar-refractivity contribution < 1.29 is 15.0 Å². The van der Waals surface area contributed by atoms with Crippen LogP contribution in [0.25, 0.3) is 0 Å². The van der Waals surface area contributed by atoms with Crippen LogP contribution in [0.5, 0.6) is 0 Å². The lowest BCUT2D eigenvalue weighted by molar-refractivity contribution is -0.303. The van der Waals surface area contributed by atoms with Crippen LogP contribution in [0.4, 0.5) is 5.69 Å². The van der Waals surface area contributed by atoms with Gasteiger partial charge in [0.15, 0.2) is 5.70 Å². The maximum atomic E-state index is 10.8. The minimum Gasteiger partial charge on any atom is -0.874 e. The molecule has 0 radical (unpaired) electrons. The first kappa shape index (κ1) is 10.9. The van der Waals surface area contributed by atoms with Crippen LogP contribution in [-0.4, -0.2) is 11.1 Å². The van der Waals surface area contributed by atoms with E-state index in [0.29, 0.717) is 5.69 Å². The van der Waals surface area contributed by atoms with Crippen molar-refractivity contribution in [3.63, 3.8) is 0 Å². The third-order valence-corrected chi connectivity index (χ3v) is 1.56. The molecule has 5 nitrogen and oxygen atoms in total. The second kappa shape index (κ2) is 4.90. The molecule has 1 N–H and O–H groups in total. The van der Waals surface area contributed by atoms with E-state index >= 15 is 0 Å². The summed E-state index contributed by atoms with van der Waals surface area (Å²) in [4.78, 5) is 10.6. The van der Waals surface area contributed by atoms with E-state index in [0.717, 1.165) is 6.92 Å². The summed E-state index contributed by atoms with van der Waals surface area (Å²) in [6.07, 6.45) is 0. The topological polar surface area (TPSA) is 85.1 Å². The number of hydrogen-bond acceptors (Lipinski definition) is 4. The van der Waals surface area contributed by atoms with Gasteiger partial charge in [0.25, 0.3) is 0 Å². The van der Waals surface area contributed by atoms with Crippen LogP contribution in [0.1, 0.15) is 6.92 Å². The molecule has 0 aliphatic carbocycles. The van der Waals surface area contributed by atoms with Gasteiger partial charge in [-0.2, -0.15) is 5.11 Å². The second-order valence-corrected chi connectivity index (χ2v) is 2.75. The van der Waals surface area contributed by atoms with Gasteiger partial charge in [-0.15, -0.1) is 5.11 Å². The summed E-state index contributed by atoms with van der Waals surface area (Å²) in [6.45, 7) is 1.13. The number of allylic oxidation sites excluding steroid dienone is 1. The van der Waals surface area contributed by atoms with Crippen molar-refractivity contribution in [1.82, 2.24) is 0 Å². The van der Waals surface area contributed by atoms with Gasteiger partial charge >= 0.3 is 5.97 Å². The summed E-state index contributed by atoms with van der Waals surface area (Å²) < 4.78 is 0. The van der Waals surface area contributed by atoms with Crippen LogP contribution < -0.4 is 5.11 Å². The van der Waals surface area contributed by atoms with Gasteiger partial charge in [-0.25, -0.2) is 4.79 Å². The Kier molecular flexibility index (Phi) is 3.56. The van der Waals surface area contributed by atoms with E-state index in [1.807, 2.05) is 0 Å². The molecule has 0 spiro atoms. The Balaban J connectivity index is 2.90. The van der Waals surface area contributed by atoms with Crippen LogP contribution in [-0.2, 0) is 4.79 Å². The normalized spacial score (nSPS) is 12.6. The highest BCUT2D eigenvalue weighted by Crippen LogP contribution is 2.13. The minimum atomic E-state index is -1.37. The zero-order valence-electron chi connectivity index (χ0n) is 8.04. The lowest BCUT2D eigenvalue weighted by Gasteiger charge is -2.05. The minimum absolute atomic E-state index is 0.498. The number of carboxylic acids is 1. The molecule has 1 aromatic rings. The lowest BCUT2D eigenvalue weighted by Crippen LogP contribution is -2.09. The van der Waals surface area contributed by atoms with E-state index in [2.05, 4.69) is 10.2 Å². The maximum Gasteiger partial charge on any atom is 0.355 e. The molecular weight excluding hydrogens is 196 g/mol. The Morgan fingerprint density at radius 3 is 2.40 bits per heavy atom. The number of azo groups is 1. The van der Waals surface area contributed by atoms with E-state index in [-0.39, 0.29) is 0 Å². The van der Waals surface area contributed by atoms with Gasteiger partial charge in [-0.1, -0.05) is 30.9 Å². The largest absolute Gasteiger partial charge is 0.874 e. The monoisotopic (exact) mass is 205 g/mol. The highest BCUT2D eigenvalue weighted by atomic mass is 16.4. The molecule has 0 unspecified atom stereocenters. The molecule has 5 heteroatoms. The number of carboxylic acid groups (broad SMARTS) is 1. The summed E-state index contributed by atoms with van der Waals surface area (Å²) in [5, 5.41) is 26.5. The highest BCUT2D eigenvalue weighted by molar-refractivity contribution is 5.86. The van der Waals surface area contributed by atoms with Crippen molar-refractivity contribution in [3.8, 4) is 0 Å². The van der Waals surface area contributed by atoms with Gasteiger partial charge in [0.1, 0.15) is 0 Å². The Labute approximate surface area is 86.4 Å². The smallest absolute Gasteiger partial charge is 0.355 e. The van der Waals surface area contributed by atoms with Gasteiger partial charge < -0.3 is 10.2 Å². The van der Waals surface area contributed by atoms with Crippen molar-refractivity contribution in [2.75, 3.05) is 0 Å². The number of benzene rings is 1. The number of aliphatic carboxylic acids is 1. The molecule has 0 bridgehead atoms. The van der Waals surface area contributed by atoms with E-state index in [1.165, 1.54) is 0 Å². The quantitative estimate of drug-likeness (QED) is 0.460. The molecule has 0 amide bonds. The molecule has 0 saturated heterocycles. The van der Waals surface area contributed by atoms with E-state index < -0.39 is 17.4 Å². The van der Waals surface area contributed by atoms with E-state index in [4.69, 9.17) is 5.11 Å². The van der Waals surface area contributed by atoms with Crippen molar-refractivity contribution in [1.29, 1.82) is 0 Å². The van der Waals surface area contributed by atoms with Gasteiger partial charge in [-0.3, -0.25) is 0 Å². The molecule has 0 atom stereocenters. The maximum absolute atomic E-state index is 10.8. The molecule has 0 saturated carbocycles. The molecule has 1 rings (SSSR count). The molecule has 1 aromatic carbocycles. The first-order chi connectivity index (χ1) is 7.11. The predicted octanol–water partition coefficient (Wildman–Crippen LogP) is 1.45. The summed E-state index contributed by atoms with van der Waals surface area (Å²) in [5.74, 6) is -2.00. The SMILES string of the molecule is C/C([O-])=C(/N=Nc1ccccc1)C(=O)O. The van der Waals surface area contributed by atoms with Crippen LogP contribution >= 0.6 is 0 Å². The number of nitrogens with zero attached hydrogens (tertiary/aromatic N) is 2. The standard InChI is InChI=1S/C10H10N2O3/c1-7(13)9(10(14)15)12-11-8-5-3-2-4-6-8/h2-6,13H,1H3,(H,14,15)/p-1/b9-7-,12-11?. The summed E-state index contributed by atoms with van der Waals surface area (Å²) in [5.41, 5.74) is -0.0728. The zero-order chi connectivity index (χ0) is 11.3. The lowest BCUT2D eigenvalue weighted by atomic mass is 10.3. The second-order valence-electron chi connectivity index (χ2n) is 2.75. The van der Waals surface area contributed by atoms with Crippen LogP contribution in [0.2, 0.25) is 0 Å². The fourth-order valence-corrected chi connectivity index (χ4v) is 0.866. The van der Waals surface area contributed by atoms with Gasteiger partial charge in [-0.05, 0) is 12.1 Å². The Hall–Kier alpha value is -2.17. The molecule has 0 fully saturated rings. The zero-order valence-corrected chi connectivity index (χ0v) is 8.04. The first-order valence-electron chi connectivity index (χ1n) is 4.19. The van der Waals surface area contributed by atoms with Gasteiger partial charge in [0, 0.05) is 0 Å². The molecule has 15 heavy (non-hydrogen) atoms. The van der Waals surface area contributed by atoms with Crippen LogP contribution in [0.3, 0.4) is 0 Å². The van der Waals surface area contributed by atoms with E-state index in [1.54, 1.807) is 30.3 Å². The third kappa shape index (κ3) is 3.22. The average molecular weight is 205 g/mol. The Bertz CT molecular complexity index is 406. The van der Waals surface area contributed by atoms with Crippen molar-refractivity contribution in [2.24, 2.45) is 10.2 Å². The molecular formula is C10H9N2O3-. The summed E-state index contributed by atoms with van der Waals surface area (Å²) in [6, 6.07) is 8.59. The fraction of sp³-hybridized carbons (Fsp3) is 0.100. The summed E-state index contributed by atoms with van der Waals surface area (Å²) >= 11 is 0.